The Morgan fingerprint density at radius 3 is 2.24 bits per heavy atom. The SMILES string of the molecule is CCO[C@@H](Cc1ccc(OCCc2ccc(NC(=S)Nc3ccccc3S(C)(=O)=O)cc2)cc1)C(=O)O. The van der Waals surface area contributed by atoms with E-state index >= 15 is 0 Å². The average Bonchev–Trinajstić information content (AvgIpc) is 2.85. The predicted octanol–water partition coefficient (Wildman–Crippen LogP) is 4.55. The molecule has 3 rings (SSSR count). The summed E-state index contributed by atoms with van der Waals surface area (Å²) < 4.78 is 35.0. The number of para-hydroxylation sites is 1. The van der Waals surface area contributed by atoms with Crippen LogP contribution in [0.5, 0.6) is 5.75 Å². The molecule has 0 fully saturated rings. The summed E-state index contributed by atoms with van der Waals surface area (Å²) in [5, 5.41) is 15.5. The largest absolute Gasteiger partial charge is 0.493 e. The van der Waals surface area contributed by atoms with E-state index in [-0.39, 0.29) is 10.0 Å². The number of hydrogen-bond acceptors (Lipinski definition) is 6. The van der Waals surface area contributed by atoms with E-state index in [1.165, 1.54) is 6.07 Å². The first kappa shape index (κ1) is 28.1. The Kier molecular flexibility index (Phi) is 10.0. The van der Waals surface area contributed by atoms with Crippen molar-refractivity contribution in [3.8, 4) is 5.75 Å². The average molecular weight is 543 g/mol. The molecule has 0 unspecified atom stereocenters. The van der Waals surface area contributed by atoms with Crippen LogP contribution in [0.15, 0.2) is 77.7 Å². The second kappa shape index (κ2) is 13.2. The van der Waals surface area contributed by atoms with Crippen LogP contribution in [0.4, 0.5) is 11.4 Å². The molecule has 0 saturated heterocycles. The molecule has 0 aliphatic rings. The fourth-order valence-corrected chi connectivity index (χ4v) is 4.65. The maximum absolute atomic E-state index is 12.0. The number of anilines is 2. The Morgan fingerprint density at radius 2 is 1.62 bits per heavy atom. The highest BCUT2D eigenvalue weighted by molar-refractivity contribution is 7.90. The normalized spacial score (nSPS) is 11.9. The van der Waals surface area contributed by atoms with E-state index in [4.69, 9.17) is 21.7 Å². The van der Waals surface area contributed by atoms with Crippen LogP contribution in [0.2, 0.25) is 0 Å². The molecule has 37 heavy (non-hydrogen) atoms. The van der Waals surface area contributed by atoms with Crippen LogP contribution in [0.3, 0.4) is 0 Å². The van der Waals surface area contributed by atoms with E-state index in [0.717, 1.165) is 23.1 Å². The van der Waals surface area contributed by atoms with Crippen molar-refractivity contribution >= 4 is 44.5 Å². The van der Waals surface area contributed by atoms with Gasteiger partial charge >= 0.3 is 5.97 Å². The Balaban J connectivity index is 1.47. The van der Waals surface area contributed by atoms with Gasteiger partial charge in [-0.3, -0.25) is 0 Å². The molecule has 3 aromatic rings. The van der Waals surface area contributed by atoms with E-state index in [1.54, 1.807) is 25.1 Å². The molecule has 0 aliphatic heterocycles. The minimum absolute atomic E-state index is 0.180. The van der Waals surface area contributed by atoms with Gasteiger partial charge in [-0.2, -0.15) is 0 Å². The summed E-state index contributed by atoms with van der Waals surface area (Å²) in [7, 11) is -3.39. The molecule has 0 bridgehead atoms. The molecule has 3 N–H and O–H groups in total. The third kappa shape index (κ3) is 8.85. The van der Waals surface area contributed by atoms with E-state index in [2.05, 4.69) is 10.6 Å². The molecule has 0 aromatic heterocycles. The smallest absolute Gasteiger partial charge is 0.333 e. The molecule has 10 heteroatoms. The molecule has 0 saturated carbocycles. The van der Waals surface area contributed by atoms with Gasteiger partial charge in [0, 0.05) is 31.4 Å². The van der Waals surface area contributed by atoms with Crippen LogP contribution in [0.25, 0.3) is 0 Å². The Morgan fingerprint density at radius 1 is 0.973 bits per heavy atom. The lowest BCUT2D eigenvalue weighted by atomic mass is 10.1. The summed E-state index contributed by atoms with van der Waals surface area (Å²) in [6, 6.07) is 21.6. The first-order valence-electron chi connectivity index (χ1n) is 11.7. The number of benzene rings is 3. The minimum atomic E-state index is -3.39. The van der Waals surface area contributed by atoms with Crippen molar-refractivity contribution in [1.29, 1.82) is 0 Å². The number of sulfone groups is 1. The summed E-state index contributed by atoms with van der Waals surface area (Å²) in [5.41, 5.74) is 3.12. The number of carboxylic acid groups (broad SMARTS) is 1. The number of nitrogens with one attached hydrogen (secondary N) is 2. The Labute approximate surface area is 222 Å². The van der Waals surface area contributed by atoms with Crippen LogP contribution in [0.1, 0.15) is 18.1 Å². The van der Waals surface area contributed by atoms with Crippen LogP contribution in [-0.4, -0.2) is 50.2 Å². The van der Waals surface area contributed by atoms with Crippen molar-refractivity contribution in [1.82, 2.24) is 0 Å². The van der Waals surface area contributed by atoms with Gasteiger partial charge in [0.05, 0.1) is 17.2 Å². The summed E-state index contributed by atoms with van der Waals surface area (Å²) in [6.07, 6.45) is 1.29. The Hall–Kier alpha value is -3.47. The van der Waals surface area contributed by atoms with Crippen molar-refractivity contribution in [3.63, 3.8) is 0 Å². The second-order valence-corrected chi connectivity index (χ2v) is 10.7. The third-order valence-electron chi connectivity index (χ3n) is 5.39. The zero-order valence-electron chi connectivity index (χ0n) is 20.6. The van der Waals surface area contributed by atoms with Crippen LogP contribution < -0.4 is 15.4 Å². The molecule has 0 aliphatic carbocycles. The number of aliphatic carboxylic acids is 1. The van der Waals surface area contributed by atoms with Crippen LogP contribution >= 0.6 is 12.2 Å². The van der Waals surface area contributed by atoms with E-state index in [1.807, 2.05) is 48.5 Å². The van der Waals surface area contributed by atoms with E-state index in [0.29, 0.717) is 37.5 Å². The number of hydrogen-bond donors (Lipinski definition) is 3. The molecule has 1 atom stereocenters. The first-order valence-corrected chi connectivity index (χ1v) is 14.0. The maximum Gasteiger partial charge on any atom is 0.333 e. The lowest BCUT2D eigenvalue weighted by molar-refractivity contribution is -0.149. The van der Waals surface area contributed by atoms with Crippen molar-refractivity contribution in [2.45, 2.75) is 30.8 Å². The fourth-order valence-electron chi connectivity index (χ4n) is 3.57. The molecule has 0 heterocycles. The number of thiocarbonyl (C=S) groups is 1. The third-order valence-corrected chi connectivity index (χ3v) is 6.75. The highest BCUT2D eigenvalue weighted by Gasteiger charge is 2.18. The van der Waals surface area contributed by atoms with Gasteiger partial charge in [-0.15, -0.1) is 0 Å². The molecular weight excluding hydrogens is 512 g/mol. The van der Waals surface area contributed by atoms with Gasteiger partial charge in [0.15, 0.2) is 21.1 Å². The standard InChI is InChI=1S/C27H30N2O6S2/c1-3-34-24(26(30)31)18-20-10-14-22(15-11-20)35-17-16-19-8-12-21(13-9-19)28-27(36)29-23-6-4-5-7-25(23)37(2,32)33/h4-15,24H,3,16-18H2,1-2H3,(H,30,31)(H2,28,29,36)/t24-/m0/s1. The van der Waals surface area contributed by atoms with Gasteiger partial charge in [-0.25, -0.2) is 13.2 Å². The molecule has 3 aromatic carbocycles. The van der Waals surface area contributed by atoms with Gasteiger partial charge in [0.25, 0.3) is 0 Å². The quantitative estimate of drug-likeness (QED) is 0.284. The van der Waals surface area contributed by atoms with Crippen molar-refractivity contribution in [2.24, 2.45) is 0 Å². The summed E-state index contributed by atoms with van der Waals surface area (Å²) in [5.74, 6) is -0.269. The van der Waals surface area contributed by atoms with Crippen LogP contribution in [0, 0.1) is 0 Å². The Bertz CT molecular complexity index is 1310. The van der Waals surface area contributed by atoms with Gasteiger partial charge in [0.2, 0.25) is 0 Å². The molecule has 8 nitrogen and oxygen atoms in total. The van der Waals surface area contributed by atoms with Gasteiger partial charge in [-0.05, 0) is 66.7 Å². The molecular formula is C27H30N2O6S2. The van der Waals surface area contributed by atoms with E-state index in [9.17, 15) is 18.3 Å². The lowest BCUT2D eigenvalue weighted by Gasteiger charge is -2.14. The van der Waals surface area contributed by atoms with Crippen molar-refractivity contribution in [2.75, 3.05) is 30.1 Å². The van der Waals surface area contributed by atoms with E-state index < -0.39 is 21.9 Å². The monoisotopic (exact) mass is 542 g/mol. The number of carboxylic acids is 1. The number of carbonyl (C=O) groups is 1. The number of rotatable bonds is 12. The topological polar surface area (TPSA) is 114 Å². The fraction of sp³-hybridized carbons (Fsp3) is 0.259. The van der Waals surface area contributed by atoms with Crippen LogP contribution in [-0.2, 0) is 32.2 Å². The van der Waals surface area contributed by atoms with Gasteiger partial charge < -0.3 is 25.2 Å². The van der Waals surface area contributed by atoms with Crippen molar-refractivity contribution < 1.29 is 27.8 Å². The zero-order chi connectivity index (χ0) is 26.8. The first-order chi connectivity index (χ1) is 17.7. The lowest BCUT2D eigenvalue weighted by Crippen LogP contribution is -2.26. The summed E-state index contributed by atoms with van der Waals surface area (Å²) >= 11 is 5.34. The molecule has 196 valence electrons. The number of ether oxygens (including phenoxy) is 2. The highest BCUT2D eigenvalue weighted by atomic mass is 32.2. The summed E-state index contributed by atoms with van der Waals surface area (Å²) in [6.45, 7) is 2.59. The molecule has 0 amide bonds. The summed E-state index contributed by atoms with van der Waals surface area (Å²) in [4.78, 5) is 11.4. The van der Waals surface area contributed by atoms with Gasteiger partial charge in [0.1, 0.15) is 5.75 Å². The predicted molar refractivity (Wildman–Crippen MR) is 148 cm³/mol. The highest BCUT2D eigenvalue weighted by Crippen LogP contribution is 2.21. The van der Waals surface area contributed by atoms with Gasteiger partial charge in [-0.1, -0.05) is 36.4 Å². The van der Waals surface area contributed by atoms with Crippen molar-refractivity contribution in [3.05, 3.63) is 83.9 Å². The molecule has 0 spiro atoms. The molecule has 0 radical (unpaired) electrons. The second-order valence-electron chi connectivity index (χ2n) is 8.27. The zero-order valence-corrected chi connectivity index (χ0v) is 22.3. The minimum Gasteiger partial charge on any atom is -0.493 e. The maximum atomic E-state index is 12.0.